The van der Waals surface area contributed by atoms with Crippen molar-refractivity contribution >= 4 is 46.6 Å². The number of carbonyl (C=O) groups excluding carboxylic acids is 1. The fourth-order valence-corrected chi connectivity index (χ4v) is 4.18. The number of nitrogens with zero attached hydrogens (tertiary/aromatic N) is 4. The molecule has 0 unspecified atom stereocenters. The van der Waals surface area contributed by atoms with E-state index in [1.165, 1.54) is 0 Å². The molecular weight excluding hydrogens is 392 g/mol. The standard InChI is InChI=1S/C21H19ClN4OS/c1-4-26-19-16(11-15(12-23-19)28-14-8-6-5-7-9-14)21(27)25(3)17-10-13(2)18(22)24-20(17)26/h5-12H,4H2,1-3H3. The Hall–Kier alpha value is -2.57. The molecule has 5 nitrogen and oxygen atoms in total. The van der Waals surface area contributed by atoms with E-state index < -0.39 is 0 Å². The molecule has 1 aliphatic heterocycles. The van der Waals surface area contributed by atoms with Gasteiger partial charge in [0.15, 0.2) is 5.82 Å². The number of hydrogen-bond donors (Lipinski definition) is 0. The summed E-state index contributed by atoms with van der Waals surface area (Å²) in [5.41, 5.74) is 2.11. The van der Waals surface area contributed by atoms with E-state index in [2.05, 4.69) is 9.97 Å². The number of anilines is 3. The Morgan fingerprint density at radius 2 is 1.86 bits per heavy atom. The van der Waals surface area contributed by atoms with Crippen molar-refractivity contribution in [1.29, 1.82) is 0 Å². The molecule has 0 atom stereocenters. The van der Waals surface area contributed by atoms with Crippen molar-refractivity contribution in [3.63, 3.8) is 0 Å². The third-order valence-corrected chi connectivity index (χ3v) is 6.01. The molecule has 1 aliphatic rings. The van der Waals surface area contributed by atoms with Gasteiger partial charge < -0.3 is 9.80 Å². The lowest BCUT2D eigenvalue weighted by molar-refractivity contribution is 0.0994. The maximum Gasteiger partial charge on any atom is 0.261 e. The van der Waals surface area contributed by atoms with Gasteiger partial charge in [-0.15, -0.1) is 0 Å². The summed E-state index contributed by atoms with van der Waals surface area (Å²) in [6.07, 6.45) is 1.80. The van der Waals surface area contributed by atoms with Crippen LogP contribution in [-0.2, 0) is 0 Å². The van der Waals surface area contributed by atoms with Gasteiger partial charge in [-0.2, -0.15) is 0 Å². The lowest BCUT2D eigenvalue weighted by Crippen LogP contribution is -2.25. The highest BCUT2D eigenvalue weighted by Crippen LogP contribution is 2.40. The van der Waals surface area contributed by atoms with Crippen LogP contribution in [0.4, 0.5) is 17.3 Å². The van der Waals surface area contributed by atoms with Gasteiger partial charge in [0, 0.05) is 29.6 Å². The number of halogens is 1. The summed E-state index contributed by atoms with van der Waals surface area (Å²) in [4.78, 5) is 28.0. The van der Waals surface area contributed by atoms with E-state index in [0.29, 0.717) is 28.9 Å². The summed E-state index contributed by atoms with van der Waals surface area (Å²) < 4.78 is 0. The van der Waals surface area contributed by atoms with Crippen molar-refractivity contribution in [3.8, 4) is 0 Å². The minimum atomic E-state index is -0.112. The summed E-state index contributed by atoms with van der Waals surface area (Å²) in [6.45, 7) is 4.51. The second-order valence-electron chi connectivity index (χ2n) is 6.50. The largest absolute Gasteiger partial charge is 0.309 e. The Bertz CT molecular complexity index is 1060. The van der Waals surface area contributed by atoms with E-state index in [0.717, 1.165) is 21.0 Å². The van der Waals surface area contributed by atoms with Gasteiger partial charge in [-0.05, 0) is 43.7 Å². The minimum absolute atomic E-state index is 0.112. The maximum atomic E-state index is 13.3. The third-order valence-electron chi connectivity index (χ3n) is 4.66. The normalized spacial score (nSPS) is 13.2. The molecule has 3 heterocycles. The van der Waals surface area contributed by atoms with E-state index in [9.17, 15) is 4.79 Å². The Kier molecular flexibility index (Phi) is 5.00. The van der Waals surface area contributed by atoms with E-state index in [1.807, 2.05) is 61.2 Å². The molecule has 1 aromatic carbocycles. The Balaban J connectivity index is 1.84. The predicted molar refractivity (Wildman–Crippen MR) is 114 cm³/mol. The molecule has 142 valence electrons. The van der Waals surface area contributed by atoms with E-state index in [4.69, 9.17) is 11.6 Å². The second-order valence-corrected chi connectivity index (χ2v) is 8.01. The molecule has 4 rings (SSSR count). The number of aryl methyl sites for hydroxylation is 1. The molecule has 3 aromatic rings. The molecule has 0 radical (unpaired) electrons. The number of benzene rings is 1. The fraction of sp³-hybridized carbons (Fsp3) is 0.190. The maximum absolute atomic E-state index is 13.3. The first-order chi connectivity index (χ1) is 13.5. The molecular formula is C21H19ClN4OS. The van der Waals surface area contributed by atoms with E-state index >= 15 is 0 Å². The lowest BCUT2D eigenvalue weighted by Gasteiger charge is -2.23. The number of carbonyl (C=O) groups is 1. The molecule has 2 aromatic heterocycles. The van der Waals surface area contributed by atoms with Crippen LogP contribution >= 0.6 is 23.4 Å². The highest BCUT2D eigenvalue weighted by Gasteiger charge is 2.31. The van der Waals surface area contributed by atoms with Crippen LogP contribution in [0.5, 0.6) is 0 Å². The summed E-state index contributed by atoms with van der Waals surface area (Å²) in [6, 6.07) is 13.8. The Labute approximate surface area is 173 Å². The molecule has 28 heavy (non-hydrogen) atoms. The summed E-state index contributed by atoms with van der Waals surface area (Å²) >= 11 is 7.86. The molecule has 7 heteroatoms. The number of rotatable bonds is 3. The van der Waals surface area contributed by atoms with E-state index in [-0.39, 0.29) is 5.91 Å². The van der Waals surface area contributed by atoms with Crippen LogP contribution in [0.2, 0.25) is 5.15 Å². The van der Waals surface area contributed by atoms with Gasteiger partial charge in [0.25, 0.3) is 5.91 Å². The zero-order chi connectivity index (χ0) is 19.8. The Morgan fingerprint density at radius 1 is 1.11 bits per heavy atom. The van der Waals surface area contributed by atoms with Crippen molar-refractivity contribution in [1.82, 2.24) is 9.97 Å². The van der Waals surface area contributed by atoms with E-state index in [1.54, 1.807) is 29.9 Å². The van der Waals surface area contributed by atoms with Gasteiger partial charge in [0.1, 0.15) is 11.0 Å². The first kappa shape index (κ1) is 18.8. The average Bonchev–Trinajstić information content (AvgIpc) is 2.78. The van der Waals surface area contributed by atoms with Crippen LogP contribution in [0.1, 0.15) is 22.8 Å². The van der Waals surface area contributed by atoms with Gasteiger partial charge in [0.2, 0.25) is 0 Å². The van der Waals surface area contributed by atoms with Crippen LogP contribution in [0.25, 0.3) is 0 Å². The number of fused-ring (bicyclic) bond motifs is 2. The summed E-state index contributed by atoms with van der Waals surface area (Å²) in [5, 5.41) is 0.428. The first-order valence-corrected chi connectivity index (χ1v) is 10.1. The van der Waals surface area contributed by atoms with Gasteiger partial charge in [-0.3, -0.25) is 4.79 Å². The molecule has 0 saturated heterocycles. The monoisotopic (exact) mass is 410 g/mol. The highest BCUT2D eigenvalue weighted by molar-refractivity contribution is 7.99. The first-order valence-electron chi connectivity index (χ1n) is 8.95. The summed E-state index contributed by atoms with van der Waals surface area (Å²) in [7, 11) is 1.76. The molecule has 0 saturated carbocycles. The lowest BCUT2D eigenvalue weighted by atomic mass is 10.2. The molecule has 1 amide bonds. The van der Waals surface area contributed by atoms with Crippen molar-refractivity contribution in [3.05, 3.63) is 64.9 Å². The van der Waals surface area contributed by atoms with Crippen LogP contribution in [0.15, 0.2) is 58.5 Å². The number of aromatic nitrogens is 2. The highest BCUT2D eigenvalue weighted by atomic mass is 35.5. The fourth-order valence-electron chi connectivity index (χ4n) is 3.19. The van der Waals surface area contributed by atoms with Crippen LogP contribution in [-0.4, -0.2) is 29.5 Å². The Morgan fingerprint density at radius 3 is 2.57 bits per heavy atom. The molecule has 0 aliphatic carbocycles. The molecule has 0 spiro atoms. The smallest absolute Gasteiger partial charge is 0.261 e. The average molecular weight is 411 g/mol. The third kappa shape index (κ3) is 3.23. The van der Waals surface area contributed by atoms with Crippen molar-refractivity contribution in [2.45, 2.75) is 23.6 Å². The van der Waals surface area contributed by atoms with Gasteiger partial charge in [0.05, 0.1) is 11.3 Å². The quantitative estimate of drug-likeness (QED) is 0.545. The second kappa shape index (κ2) is 7.45. The zero-order valence-electron chi connectivity index (χ0n) is 15.8. The van der Waals surface area contributed by atoms with Gasteiger partial charge in [-0.1, -0.05) is 41.6 Å². The number of amides is 1. The van der Waals surface area contributed by atoms with Gasteiger partial charge >= 0.3 is 0 Å². The minimum Gasteiger partial charge on any atom is -0.309 e. The number of pyridine rings is 2. The topological polar surface area (TPSA) is 49.3 Å². The van der Waals surface area contributed by atoms with Gasteiger partial charge in [-0.25, -0.2) is 9.97 Å². The SMILES string of the molecule is CCN1c2ncc(Sc3ccccc3)cc2C(=O)N(C)c2cc(C)c(Cl)nc21. The number of hydrogen-bond acceptors (Lipinski definition) is 5. The zero-order valence-corrected chi connectivity index (χ0v) is 17.4. The molecule has 0 fully saturated rings. The van der Waals surface area contributed by atoms with Crippen LogP contribution in [0, 0.1) is 6.92 Å². The molecule has 0 N–H and O–H groups in total. The molecule has 0 bridgehead atoms. The van der Waals surface area contributed by atoms with Crippen molar-refractivity contribution in [2.24, 2.45) is 0 Å². The van der Waals surface area contributed by atoms with Crippen molar-refractivity contribution < 1.29 is 4.79 Å². The van der Waals surface area contributed by atoms with Crippen LogP contribution < -0.4 is 9.80 Å². The predicted octanol–water partition coefficient (Wildman–Crippen LogP) is 5.34. The van der Waals surface area contributed by atoms with Crippen molar-refractivity contribution in [2.75, 3.05) is 23.4 Å². The summed E-state index contributed by atoms with van der Waals surface area (Å²) in [5.74, 6) is 1.13. The van der Waals surface area contributed by atoms with Crippen LogP contribution in [0.3, 0.4) is 0 Å².